The largest absolute Gasteiger partial charge is 0.573 e. The summed E-state index contributed by atoms with van der Waals surface area (Å²) >= 11 is 0. The summed E-state index contributed by atoms with van der Waals surface area (Å²) in [4.78, 5) is 12.9. The summed E-state index contributed by atoms with van der Waals surface area (Å²) in [5.41, 5.74) is -1.22. The number of benzene rings is 1. The van der Waals surface area contributed by atoms with E-state index < -0.39 is 29.4 Å². The lowest BCUT2D eigenvalue weighted by atomic mass is 9.70. The number of alkyl halides is 3. The van der Waals surface area contributed by atoms with Gasteiger partial charge in [0.15, 0.2) is 5.78 Å². The molecule has 144 valence electrons. The molecule has 1 saturated carbocycles. The molecule has 1 unspecified atom stereocenters. The fourth-order valence-corrected chi connectivity index (χ4v) is 3.60. The van der Waals surface area contributed by atoms with Gasteiger partial charge in [0.05, 0.1) is 17.2 Å². The van der Waals surface area contributed by atoms with Gasteiger partial charge in [-0.3, -0.25) is 4.79 Å². The van der Waals surface area contributed by atoms with Crippen LogP contribution in [0.25, 0.3) is 0 Å². The fraction of sp³-hybridized carbons (Fsp3) is 0.579. The summed E-state index contributed by atoms with van der Waals surface area (Å²) in [5, 5.41) is 19.1. The van der Waals surface area contributed by atoms with Crippen molar-refractivity contribution >= 4 is 11.5 Å². The van der Waals surface area contributed by atoms with Gasteiger partial charge in [-0.2, -0.15) is 0 Å². The van der Waals surface area contributed by atoms with Crippen LogP contribution in [0.4, 0.5) is 13.2 Å². The van der Waals surface area contributed by atoms with E-state index in [1.54, 1.807) is 0 Å². The molecular weight excluding hydrogens is 347 g/mol. The monoisotopic (exact) mass is 371 g/mol. The molecule has 1 atom stereocenters. The van der Waals surface area contributed by atoms with Crippen LogP contribution in [0.5, 0.6) is 5.75 Å². The molecule has 1 aromatic rings. The highest BCUT2D eigenvalue weighted by atomic mass is 19.4. The lowest BCUT2D eigenvalue weighted by Crippen LogP contribution is -2.44. The van der Waals surface area contributed by atoms with Gasteiger partial charge >= 0.3 is 6.36 Å². The van der Waals surface area contributed by atoms with E-state index in [0.717, 1.165) is 31.4 Å². The number of ketones is 1. The minimum Gasteiger partial charge on any atom is -0.406 e. The molecule has 0 bridgehead atoms. The van der Waals surface area contributed by atoms with Crippen LogP contribution in [-0.4, -0.2) is 28.6 Å². The molecule has 4 nitrogen and oxygen atoms in total. The molecule has 7 heteroatoms. The van der Waals surface area contributed by atoms with Gasteiger partial charge in [0.2, 0.25) is 0 Å². The second kappa shape index (κ2) is 8.20. The van der Waals surface area contributed by atoms with Gasteiger partial charge < -0.3 is 15.3 Å². The first-order valence-electron chi connectivity index (χ1n) is 8.86. The maximum absolute atomic E-state index is 12.9. The van der Waals surface area contributed by atoms with Crippen molar-refractivity contribution in [1.82, 2.24) is 0 Å². The lowest BCUT2D eigenvalue weighted by Gasteiger charge is -2.38. The standard InChI is InChI=1S/C19H24F3NO3/c1-2-7-15(23)17(24)16(18(25)10-4-3-5-11-18)13-8-6-9-14(12-13)26-19(20,21)22/h6,8-9,12,16,23,25H,2-5,7,10-11H2,1H3. The van der Waals surface area contributed by atoms with Gasteiger partial charge in [0, 0.05) is 0 Å². The van der Waals surface area contributed by atoms with E-state index in [-0.39, 0.29) is 17.7 Å². The normalized spacial score (nSPS) is 18.2. The van der Waals surface area contributed by atoms with Gasteiger partial charge in [0.25, 0.3) is 0 Å². The van der Waals surface area contributed by atoms with Crippen molar-refractivity contribution in [2.75, 3.05) is 0 Å². The van der Waals surface area contributed by atoms with Crippen LogP contribution < -0.4 is 4.74 Å². The number of halogens is 3. The zero-order valence-corrected chi connectivity index (χ0v) is 14.7. The summed E-state index contributed by atoms with van der Waals surface area (Å²) in [6.45, 7) is 1.84. The third-order valence-electron chi connectivity index (χ3n) is 4.74. The Hall–Kier alpha value is -1.89. The molecular formula is C19H24F3NO3. The van der Waals surface area contributed by atoms with Crippen molar-refractivity contribution in [2.45, 2.75) is 69.8 Å². The van der Waals surface area contributed by atoms with E-state index in [9.17, 15) is 23.1 Å². The third kappa shape index (κ3) is 5.06. The molecule has 1 aromatic carbocycles. The molecule has 0 amide bonds. The van der Waals surface area contributed by atoms with Crippen LogP contribution in [0, 0.1) is 5.41 Å². The van der Waals surface area contributed by atoms with Crippen molar-refractivity contribution in [3.8, 4) is 5.75 Å². The van der Waals surface area contributed by atoms with E-state index in [4.69, 9.17) is 5.41 Å². The van der Waals surface area contributed by atoms with E-state index in [2.05, 4.69) is 4.74 Å². The Balaban J connectivity index is 2.42. The van der Waals surface area contributed by atoms with E-state index in [1.165, 1.54) is 12.1 Å². The van der Waals surface area contributed by atoms with Gasteiger partial charge in [-0.05, 0) is 37.0 Å². The highest BCUT2D eigenvalue weighted by Crippen LogP contribution is 2.42. The Kier molecular flexibility index (Phi) is 6.44. The Bertz CT molecular complexity index is 652. The van der Waals surface area contributed by atoms with Crippen molar-refractivity contribution in [2.24, 2.45) is 0 Å². The average Bonchev–Trinajstić information content (AvgIpc) is 2.54. The van der Waals surface area contributed by atoms with Crippen LogP contribution >= 0.6 is 0 Å². The summed E-state index contributed by atoms with van der Waals surface area (Å²) in [6.07, 6.45) is -0.792. The number of carbonyl (C=O) groups excluding carboxylic acids is 1. The zero-order chi connectivity index (χ0) is 19.4. The quantitative estimate of drug-likeness (QED) is 0.679. The average molecular weight is 371 g/mol. The summed E-state index contributed by atoms with van der Waals surface area (Å²) in [6, 6.07) is 5.17. The Morgan fingerprint density at radius 1 is 1.31 bits per heavy atom. The predicted molar refractivity (Wildman–Crippen MR) is 91.5 cm³/mol. The number of Topliss-reactive ketones (excluding diaryl/α,β-unsaturated/α-hetero) is 1. The third-order valence-corrected chi connectivity index (χ3v) is 4.74. The SMILES string of the molecule is CCCC(=N)C(=O)C(c1cccc(OC(F)(F)F)c1)C1(O)CCCCC1. The van der Waals surface area contributed by atoms with Crippen LogP contribution in [0.3, 0.4) is 0 Å². The van der Waals surface area contributed by atoms with Crippen molar-refractivity contribution in [1.29, 1.82) is 5.41 Å². The molecule has 0 heterocycles. The molecule has 2 N–H and O–H groups in total. The number of ether oxygens (including phenoxy) is 1. The van der Waals surface area contributed by atoms with Crippen LogP contribution in [-0.2, 0) is 4.79 Å². The fourth-order valence-electron chi connectivity index (χ4n) is 3.60. The van der Waals surface area contributed by atoms with Crippen molar-refractivity contribution in [3.63, 3.8) is 0 Å². The predicted octanol–water partition coefficient (Wildman–Crippen LogP) is 4.75. The Labute approximate surface area is 150 Å². The second-order valence-electron chi connectivity index (χ2n) is 6.81. The summed E-state index contributed by atoms with van der Waals surface area (Å²) in [5.74, 6) is -2.02. The first kappa shape index (κ1) is 20.4. The smallest absolute Gasteiger partial charge is 0.406 e. The van der Waals surface area contributed by atoms with Crippen LogP contribution in [0.1, 0.15) is 63.4 Å². The lowest BCUT2D eigenvalue weighted by molar-refractivity contribution is -0.274. The zero-order valence-electron chi connectivity index (χ0n) is 14.7. The molecule has 1 aliphatic rings. The molecule has 0 saturated heterocycles. The topological polar surface area (TPSA) is 70.4 Å². The van der Waals surface area contributed by atoms with E-state index in [0.29, 0.717) is 19.3 Å². The number of hydrogen-bond acceptors (Lipinski definition) is 4. The van der Waals surface area contributed by atoms with Crippen LogP contribution in [0.15, 0.2) is 24.3 Å². The molecule has 0 aromatic heterocycles. The van der Waals surface area contributed by atoms with E-state index >= 15 is 0 Å². The van der Waals surface area contributed by atoms with Crippen molar-refractivity contribution < 1.29 is 27.8 Å². The molecule has 26 heavy (non-hydrogen) atoms. The molecule has 2 rings (SSSR count). The number of nitrogens with one attached hydrogen (secondary N) is 1. The summed E-state index contributed by atoms with van der Waals surface area (Å²) in [7, 11) is 0. The number of carbonyl (C=O) groups is 1. The van der Waals surface area contributed by atoms with E-state index in [1.807, 2.05) is 6.92 Å². The first-order chi connectivity index (χ1) is 12.2. The second-order valence-corrected chi connectivity index (χ2v) is 6.81. The first-order valence-corrected chi connectivity index (χ1v) is 8.86. The maximum Gasteiger partial charge on any atom is 0.573 e. The highest BCUT2D eigenvalue weighted by Gasteiger charge is 2.44. The maximum atomic E-state index is 12.9. The Morgan fingerprint density at radius 3 is 2.54 bits per heavy atom. The molecule has 0 spiro atoms. The number of rotatable bonds is 7. The number of aliphatic hydroxyl groups is 1. The molecule has 0 aliphatic heterocycles. The highest BCUT2D eigenvalue weighted by molar-refractivity contribution is 6.40. The molecule has 1 aliphatic carbocycles. The van der Waals surface area contributed by atoms with Crippen molar-refractivity contribution in [3.05, 3.63) is 29.8 Å². The summed E-state index contributed by atoms with van der Waals surface area (Å²) < 4.78 is 41.5. The molecule has 0 radical (unpaired) electrons. The molecule has 1 fully saturated rings. The number of hydrogen-bond donors (Lipinski definition) is 2. The minimum absolute atomic E-state index is 0.112. The van der Waals surface area contributed by atoms with Gasteiger partial charge in [-0.15, -0.1) is 13.2 Å². The minimum atomic E-state index is -4.84. The van der Waals surface area contributed by atoms with Gasteiger partial charge in [-0.1, -0.05) is 44.7 Å². The van der Waals surface area contributed by atoms with Gasteiger partial charge in [0.1, 0.15) is 5.75 Å². The van der Waals surface area contributed by atoms with Gasteiger partial charge in [-0.25, -0.2) is 0 Å². The Morgan fingerprint density at radius 2 is 1.96 bits per heavy atom. The van der Waals surface area contributed by atoms with Crippen LogP contribution in [0.2, 0.25) is 0 Å².